The van der Waals surface area contributed by atoms with E-state index in [0.717, 1.165) is 11.3 Å². The van der Waals surface area contributed by atoms with E-state index in [2.05, 4.69) is 24.5 Å². The van der Waals surface area contributed by atoms with E-state index in [4.69, 9.17) is 16.3 Å². The van der Waals surface area contributed by atoms with Crippen LogP contribution in [-0.4, -0.2) is 18.4 Å². The van der Waals surface area contributed by atoms with Gasteiger partial charge in [-0.2, -0.15) is 0 Å². The highest BCUT2D eigenvalue weighted by Crippen LogP contribution is 2.17. The number of nitrogens with one attached hydrogen (secondary N) is 2. The lowest BCUT2D eigenvalue weighted by atomic mass is 10.2. The third-order valence-electron chi connectivity index (χ3n) is 3.30. The fourth-order valence-corrected chi connectivity index (χ4v) is 2.19. The Bertz CT molecular complexity index is 730. The molecule has 0 saturated heterocycles. The first-order valence-corrected chi connectivity index (χ1v) is 8.39. The Morgan fingerprint density at radius 2 is 1.72 bits per heavy atom. The minimum Gasteiger partial charge on any atom is -0.493 e. The van der Waals surface area contributed by atoms with Gasteiger partial charge in [-0.1, -0.05) is 43.6 Å². The van der Waals surface area contributed by atoms with Crippen molar-refractivity contribution in [1.82, 2.24) is 5.32 Å². The number of anilines is 1. The lowest BCUT2D eigenvalue weighted by molar-refractivity contribution is -0.136. The van der Waals surface area contributed by atoms with Crippen LogP contribution in [0.15, 0.2) is 48.5 Å². The van der Waals surface area contributed by atoms with Gasteiger partial charge in [-0.25, -0.2) is 0 Å². The summed E-state index contributed by atoms with van der Waals surface area (Å²) in [4.78, 5) is 23.8. The second kappa shape index (κ2) is 9.08. The van der Waals surface area contributed by atoms with Crippen LogP contribution in [0.25, 0.3) is 0 Å². The van der Waals surface area contributed by atoms with E-state index in [9.17, 15) is 9.59 Å². The van der Waals surface area contributed by atoms with Crippen molar-refractivity contribution in [1.29, 1.82) is 0 Å². The second-order valence-electron chi connectivity index (χ2n) is 5.96. The molecule has 0 heterocycles. The minimum atomic E-state index is -0.733. The van der Waals surface area contributed by atoms with E-state index in [1.807, 2.05) is 6.07 Å². The maximum absolute atomic E-state index is 11.9. The van der Waals surface area contributed by atoms with Crippen LogP contribution in [0, 0.1) is 5.92 Å². The lowest BCUT2D eigenvalue weighted by Gasteiger charge is -2.10. The first kappa shape index (κ1) is 18.8. The van der Waals surface area contributed by atoms with E-state index < -0.39 is 11.8 Å². The average Bonchev–Trinajstić information content (AvgIpc) is 2.60. The van der Waals surface area contributed by atoms with E-state index in [0.29, 0.717) is 23.2 Å². The number of hydrogen-bond donors (Lipinski definition) is 2. The molecular formula is C19H21ClN2O3. The molecule has 0 radical (unpaired) electrons. The van der Waals surface area contributed by atoms with Gasteiger partial charge in [-0.3, -0.25) is 9.59 Å². The van der Waals surface area contributed by atoms with Crippen LogP contribution in [-0.2, 0) is 16.1 Å². The topological polar surface area (TPSA) is 67.4 Å². The number of rotatable bonds is 6. The Morgan fingerprint density at radius 1 is 1.04 bits per heavy atom. The zero-order valence-corrected chi connectivity index (χ0v) is 15.0. The number of benzene rings is 2. The maximum Gasteiger partial charge on any atom is 0.313 e. The van der Waals surface area contributed by atoms with Crippen molar-refractivity contribution in [3.05, 3.63) is 59.1 Å². The molecule has 0 aliphatic carbocycles. The summed E-state index contributed by atoms with van der Waals surface area (Å²) in [6.07, 6.45) is 0. The van der Waals surface area contributed by atoms with E-state index in [-0.39, 0.29) is 6.54 Å². The van der Waals surface area contributed by atoms with Gasteiger partial charge in [-0.05, 0) is 41.8 Å². The van der Waals surface area contributed by atoms with Crippen molar-refractivity contribution >= 4 is 29.1 Å². The Hall–Kier alpha value is -2.53. The molecule has 0 aromatic heterocycles. The molecule has 0 unspecified atom stereocenters. The van der Waals surface area contributed by atoms with E-state index in [1.165, 1.54) is 0 Å². The van der Waals surface area contributed by atoms with Gasteiger partial charge < -0.3 is 15.4 Å². The summed E-state index contributed by atoms with van der Waals surface area (Å²) in [5, 5.41) is 5.63. The van der Waals surface area contributed by atoms with Crippen LogP contribution in [0.4, 0.5) is 5.69 Å². The number of ether oxygens (including phenoxy) is 1. The number of hydrogen-bond acceptors (Lipinski definition) is 3. The smallest absolute Gasteiger partial charge is 0.313 e. The molecule has 6 heteroatoms. The first-order chi connectivity index (χ1) is 12.0. The molecule has 2 N–H and O–H groups in total. The van der Waals surface area contributed by atoms with Gasteiger partial charge in [0.25, 0.3) is 0 Å². The van der Waals surface area contributed by atoms with Crippen molar-refractivity contribution in [2.24, 2.45) is 5.92 Å². The van der Waals surface area contributed by atoms with Crippen molar-refractivity contribution in [3.8, 4) is 5.75 Å². The normalized spacial score (nSPS) is 10.4. The molecule has 0 spiro atoms. The summed E-state index contributed by atoms with van der Waals surface area (Å²) in [5.41, 5.74) is 1.27. The van der Waals surface area contributed by atoms with Gasteiger partial charge in [-0.15, -0.1) is 0 Å². The first-order valence-electron chi connectivity index (χ1n) is 8.01. The summed E-state index contributed by atoms with van der Waals surface area (Å²) in [6.45, 7) is 4.94. The molecule has 5 nitrogen and oxygen atoms in total. The molecule has 0 bridgehead atoms. The summed E-state index contributed by atoms with van der Waals surface area (Å²) in [6, 6.07) is 14.0. The molecule has 2 rings (SSSR count). The van der Waals surface area contributed by atoms with Crippen LogP contribution in [0.3, 0.4) is 0 Å². The SMILES string of the molecule is CC(C)COc1ccc(NC(=O)C(=O)NCc2ccccc2Cl)cc1. The summed E-state index contributed by atoms with van der Waals surface area (Å²) >= 11 is 6.01. The number of amides is 2. The summed E-state index contributed by atoms with van der Waals surface area (Å²) < 4.78 is 5.57. The van der Waals surface area contributed by atoms with Gasteiger partial charge in [0.1, 0.15) is 5.75 Å². The van der Waals surface area contributed by atoms with Crippen LogP contribution in [0.5, 0.6) is 5.75 Å². The lowest BCUT2D eigenvalue weighted by Crippen LogP contribution is -2.35. The fourth-order valence-electron chi connectivity index (χ4n) is 1.98. The highest BCUT2D eigenvalue weighted by molar-refractivity contribution is 6.39. The number of carbonyl (C=O) groups is 2. The van der Waals surface area contributed by atoms with E-state index in [1.54, 1.807) is 42.5 Å². The maximum atomic E-state index is 11.9. The van der Waals surface area contributed by atoms with Crippen LogP contribution in [0.1, 0.15) is 19.4 Å². The van der Waals surface area contributed by atoms with Gasteiger partial charge in [0.2, 0.25) is 0 Å². The average molecular weight is 361 g/mol. The monoisotopic (exact) mass is 360 g/mol. The second-order valence-corrected chi connectivity index (χ2v) is 6.36. The van der Waals surface area contributed by atoms with Crippen LogP contribution >= 0.6 is 11.6 Å². The van der Waals surface area contributed by atoms with Crippen LogP contribution in [0.2, 0.25) is 5.02 Å². The molecule has 0 atom stereocenters. The van der Waals surface area contributed by atoms with E-state index >= 15 is 0 Å². The molecular weight excluding hydrogens is 340 g/mol. The molecule has 0 aliphatic heterocycles. The Labute approximate surface area is 152 Å². The molecule has 0 fully saturated rings. The van der Waals surface area contributed by atoms with Gasteiger partial charge in [0.05, 0.1) is 6.61 Å². The van der Waals surface area contributed by atoms with Crippen molar-refractivity contribution in [2.45, 2.75) is 20.4 Å². The summed E-state index contributed by atoms with van der Waals surface area (Å²) in [5.74, 6) is -0.306. The molecule has 25 heavy (non-hydrogen) atoms. The Kier molecular flexibility index (Phi) is 6.83. The highest BCUT2D eigenvalue weighted by Gasteiger charge is 2.14. The predicted octanol–water partition coefficient (Wildman–Crippen LogP) is 3.63. The molecule has 2 aromatic rings. The standard InChI is InChI=1S/C19H21ClN2O3/c1-13(2)12-25-16-9-7-15(8-10-16)22-19(24)18(23)21-11-14-5-3-4-6-17(14)20/h3-10,13H,11-12H2,1-2H3,(H,21,23)(H,22,24). The molecule has 132 valence electrons. The third kappa shape index (κ3) is 6.12. The van der Waals surface area contributed by atoms with Crippen molar-refractivity contribution < 1.29 is 14.3 Å². The van der Waals surface area contributed by atoms with Crippen molar-refractivity contribution in [3.63, 3.8) is 0 Å². The number of halogens is 1. The van der Waals surface area contributed by atoms with Gasteiger partial charge >= 0.3 is 11.8 Å². The molecule has 0 saturated carbocycles. The Morgan fingerprint density at radius 3 is 2.36 bits per heavy atom. The van der Waals surface area contributed by atoms with Gasteiger partial charge in [0.15, 0.2) is 0 Å². The zero-order valence-electron chi connectivity index (χ0n) is 14.2. The third-order valence-corrected chi connectivity index (χ3v) is 3.67. The number of carbonyl (C=O) groups excluding carboxylic acids is 2. The van der Waals surface area contributed by atoms with Crippen molar-refractivity contribution in [2.75, 3.05) is 11.9 Å². The zero-order chi connectivity index (χ0) is 18.2. The van der Waals surface area contributed by atoms with Gasteiger partial charge in [0, 0.05) is 17.3 Å². The van der Waals surface area contributed by atoms with Crippen LogP contribution < -0.4 is 15.4 Å². The summed E-state index contributed by atoms with van der Waals surface area (Å²) in [7, 11) is 0. The predicted molar refractivity (Wildman–Crippen MR) is 98.7 cm³/mol. The largest absolute Gasteiger partial charge is 0.493 e. The molecule has 2 aromatic carbocycles. The highest BCUT2D eigenvalue weighted by atomic mass is 35.5. The molecule has 0 aliphatic rings. The fraction of sp³-hybridized carbons (Fsp3) is 0.263. The minimum absolute atomic E-state index is 0.188. The quantitative estimate of drug-likeness (QED) is 0.773. The molecule has 2 amide bonds. The Balaban J connectivity index is 1.84.